The molecule has 1 aliphatic rings. The average Bonchev–Trinajstić information content (AvgIpc) is 2.99. The first-order chi connectivity index (χ1) is 10.1. The highest BCUT2D eigenvalue weighted by Gasteiger charge is 2.21. The van der Waals surface area contributed by atoms with Gasteiger partial charge in [0, 0.05) is 33.9 Å². The fraction of sp³-hybridized carbons (Fsp3) is 0.625. The molecule has 0 heterocycles. The molecular weight excluding hydrogens is 286 g/mol. The van der Waals surface area contributed by atoms with Crippen molar-refractivity contribution in [1.29, 1.82) is 0 Å². The maximum atomic E-state index is 12.3. The van der Waals surface area contributed by atoms with E-state index in [2.05, 4.69) is 0 Å². The van der Waals surface area contributed by atoms with Gasteiger partial charge in [-0.1, -0.05) is 12.8 Å². The summed E-state index contributed by atoms with van der Waals surface area (Å²) in [6.07, 6.45) is 4.97. The van der Waals surface area contributed by atoms with Crippen molar-refractivity contribution in [3.8, 4) is 11.5 Å². The van der Waals surface area contributed by atoms with Gasteiger partial charge in [0.2, 0.25) is 0 Å². The van der Waals surface area contributed by atoms with Crippen molar-refractivity contribution < 1.29 is 13.7 Å². The first-order valence-electron chi connectivity index (χ1n) is 7.46. The van der Waals surface area contributed by atoms with E-state index in [1.54, 1.807) is 14.2 Å². The monoisotopic (exact) mass is 311 g/mol. The Morgan fingerprint density at radius 2 is 2.00 bits per heavy atom. The maximum Gasteiger partial charge on any atom is 0.123 e. The molecule has 0 aliphatic heterocycles. The Kier molecular flexibility index (Phi) is 6.06. The summed E-state index contributed by atoms with van der Waals surface area (Å²) in [4.78, 5) is 0. The Morgan fingerprint density at radius 1 is 1.29 bits per heavy atom. The van der Waals surface area contributed by atoms with Gasteiger partial charge in [0.1, 0.15) is 11.5 Å². The molecule has 0 amide bonds. The molecule has 2 N–H and O–H groups in total. The summed E-state index contributed by atoms with van der Waals surface area (Å²) in [7, 11) is 2.36. The molecule has 5 heteroatoms. The lowest BCUT2D eigenvalue weighted by Gasteiger charge is -2.17. The lowest BCUT2D eigenvalue weighted by atomic mass is 10.1. The molecular formula is C16H25NO3S. The Morgan fingerprint density at radius 3 is 2.62 bits per heavy atom. The predicted molar refractivity (Wildman–Crippen MR) is 86.3 cm³/mol. The summed E-state index contributed by atoms with van der Waals surface area (Å²) in [6.45, 7) is 0. The molecule has 0 spiro atoms. The number of hydrogen-bond acceptors (Lipinski definition) is 4. The molecule has 0 bridgehead atoms. The third kappa shape index (κ3) is 4.45. The van der Waals surface area contributed by atoms with E-state index in [9.17, 15) is 4.21 Å². The van der Waals surface area contributed by atoms with E-state index in [4.69, 9.17) is 15.2 Å². The second kappa shape index (κ2) is 7.80. The number of hydrogen-bond donors (Lipinski definition) is 1. The van der Waals surface area contributed by atoms with E-state index in [1.165, 1.54) is 25.7 Å². The second-order valence-electron chi connectivity index (χ2n) is 5.64. The molecule has 1 aromatic rings. The minimum absolute atomic E-state index is 0.294. The standard InChI is InChI=1S/C16H25NO3S/c1-19-13-7-8-16(20-2)14(9-13)15(17)11-21(18)10-12-5-3-4-6-12/h7-9,12,15H,3-6,10-11,17H2,1-2H3. The molecule has 1 fully saturated rings. The van der Waals surface area contributed by atoms with Crippen molar-refractivity contribution in [2.75, 3.05) is 25.7 Å². The van der Waals surface area contributed by atoms with Crippen molar-refractivity contribution in [2.24, 2.45) is 11.7 Å². The molecule has 21 heavy (non-hydrogen) atoms. The van der Waals surface area contributed by atoms with Gasteiger partial charge in [0.25, 0.3) is 0 Å². The molecule has 0 radical (unpaired) electrons. The van der Waals surface area contributed by atoms with Crippen molar-refractivity contribution in [1.82, 2.24) is 0 Å². The van der Waals surface area contributed by atoms with Crippen LogP contribution in [0.2, 0.25) is 0 Å². The molecule has 4 nitrogen and oxygen atoms in total. The van der Waals surface area contributed by atoms with Crippen molar-refractivity contribution >= 4 is 10.8 Å². The molecule has 2 unspecified atom stereocenters. The summed E-state index contributed by atoms with van der Waals surface area (Å²) < 4.78 is 22.9. The third-order valence-corrected chi connectivity index (χ3v) is 5.67. The van der Waals surface area contributed by atoms with Gasteiger partial charge >= 0.3 is 0 Å². The highest BCUT2D eigenvalue weighted by Crippen LogP contribution is 2.30. The van der Waals surface area contributed by atoms with Crippen LogP contribution in [0, 0.1) is 5.92 Å². The molecule has 1 aliphatic carbocycles. The van der Waals surface area contributed by atoms with Gasteiger partial charge in [0.05, 0.1) is 14.2 Å². The van der Waals surface area contributed by atoms with E-state index in [1.807, 2.05) is 18.2 Å². The van der Waals surface area contributed by atoms with Crippen LogP contribution in [-0.4, -0.2) is 29.9 Å². The van der Waals surface area contributed by atoms with Crippen LogP contribution in [0.4, 0.5) is 0 Å². The van der Waals surface area contributed by atoms with Gasteiger partial charge in [0.15, 0.2) is 0 Å². The quantitative estimate of drug-likeness (QED) is 0.841. The van der Waals surface area contributed by atoms with Gasteiger partial charge in [-0.05, 0) is 37.0 Å². The number of benzene rings is 1. The third-order valence-electron chi connectivity index (χ3n) is 4.10. The molecule has 2 atom stereocenters. The molecule has 118 valence electrons. The van der Waals surface area contributed by atoms with E-state index in [-0.39, 0.29) is 6.04 Å². The summed E-state index contributed by atoms with van der Waals surface area (Å²) in [5.74, 6) is 3.33. The highest BCUT2D eigenvalue weighted by atomic mass is 32.2. The zero-order valence-electron chi connectivity index (χ0n) is 12.8. The smallest absolute Gasteiger partial charge is 0.123 e. The Balaban J connectivity index is 2.01. The number of methoxy groups -OCH3 is 2. The normalized spacial score (nSPS) is 18.4. The van der Waals surface area contributed by atoms with Crippen LogP contribution in [-0.2, 0) is 10.8 Å². The van der Waals surface area contributed by atoms with Crippen LogP contribution in [0.25, 0.3) is 0 Å². The SMILES string of the molecule is COc1ccc(OC)c(C(N)CS(=O)CC2CCCC2)c1. The lowest BCUT2D eigenvalue weighted by Crippen LogP contribution is -2.22. The first-order valence-corrected chi connectivity index (χ1v) is 8.95. The predicted octanol–water partition coefficient (Wildman–Crippen LogP) is 2.64. The van der Waals surface area contributed by atoms with E-state index in [0.717, 1.165) is 22.8 Å². The van der Waals surface area contributed by atoms with Crippen LogP contribution >= 0.6 is 0 Å². The second-order valence-corrected chi connectivity index (χ2v) is 7.18. The van der Waals surface area contributed by atoms with Crippen molar-refractivity contribution in [3.05, 3.63) is 23.8 Å². The minimum Gasteiger partial charge on any atom is -0.497 e. The van der Waals surface area contributed by atoms with Crippen molar-refractivity contribution in [3.63, 3.8) is 0 Å². The van der Waals surface area contributed by atoms with E-state index in [0.29, 0.717) is 11.7 Å². The van der Waals surface area contributed by atoms with E-state index >= 15 is 0 Å². The molecule has 1 saturated carbocycles. The number of nitrogens with two attached hydrogens (primary N) is 1. The molecule has 0 aromatic heterocycles. The van der Waals surface area contributed by atoms with Gasteiger partial charge in [-0.3, -0.25) is 4.21 Å². The number of rotatable bonds is 7. The Labute approximate surface area is 129 Å². The molecule has 2 rings (SSSR count). The van der Waals surface area contributed by atoms with Crippen LogP contribution < -0.4 is 15.2 Å². The Bertz CT molecular complexity index is 486. The average molecular weight is 311 g/mol. The van der Waals surface area contributed by atoms with Crippen LogP contribution in [0.15, 0.2) is 18.2 Å². The van der Waals surface area contributed by atoms with Crippen LogP contribution in [0.5, 0.6) is 11.5 Å². The Hall–Kier alpha value is -1.07. The van der Waals surface area contributed by atoms with Gasteiger partial charge in [-0.2, -0.15) is 0 Å². The van der Waals surface area contributed by atoms with Crippen LogP contribution in [0.3, 0.4) is 0 Å². The minimum atomic E-state index is -0.881. The van der Waals surface area contributed by atoms with Crippen molar-refractivity contribution in [2.45, 2.75) is 31.7 Å². The zero-order chi connectivity index (χ0) is 15.2. The van der Waals surface area contributed by atoms with E-state index < -0.39 is 10.8 Å². The molecule has 0 saturated heterocycles. The highest BCUT2D eigenvalue weighted by molar-refractivity contribution is 7.85. The zero-order valence-corrected chi connectivity index (χ0v) is 13.7. The van der Waals surface area contributed by atoms with Gasteiger partial charge < -0.3 is 15.2 Å². The lowest BCUT2D eigenvalue weighted by molar-refractivity contribution is 0.396. The fourth-order valence-electron chi connectivity index (χ4n) is 2.93. The molecule has 1 aromatic carbocycles. The fourth-order valence-corrected chi connectivity index (χ4v) is 4.50. The topological polar surface area (TPSA) is 61.6 Å². The number of ether oxygens (including phenoxy) is 2. The summed E-state index contributed by atoms with van der Waals surface area (Å²) in [6, 6.07) is 5.26. The van der Waals surface area contributed by atoms with Gasteiger partial charge in [-0.15, -0.1) is 0 Å². The first kappa shape index (κ1) is 16.3. The van der Waals surface area contributed by atoms with Gasteiger partial charge in [-0.25, -0.2) is 0 Å². The summed E-state index contributed by atoms with van der Waals surface area (Å²) in [5, 5.41) is 0. The summed E-state index contributed by atoms with van der Waals surface area (Å²) >= 11 is 0. The largest absolute Gasteiger partial charge is 0.497 e. The maximum absolute atomic E-state index is 12.3. The summed E-state index contributed by atoms with van der Waals surface area (Å²) in [5.41, 5.74) is 7.10. The van der Waals surface area contributed by atoms with Crippen LogP contribution in [0.1, 0.15) is 37.3 Å².